The van der Waals surface area contributed by atoms with E-state index in [9.17, 15) is 4.79 Å². The molecular weight excluding hydrogens is 460 g/mol. The Bertz CT molecular complexity index is 359. The van der Waals surface area contributed by atoms with Gasteiger partial charge in [0, 0.05) is 11.8 Å². The van der Waals surface area contributed by atoms with Crippen LogP contribution in [0.2, 0.25) is 0 Å². The molecule has 192 valence electrons. The van der Waals surface area contributed by atoms with Crippen molar-refractivity contribution in [3.05, 3.63) is 0 Å². The van der Waals surface area contributed by atoms with Crippen LogP contribution in [0.3, 0.4) is 0 Å². The number of carbonyl (C=O) groups is 1. The summed E-state index contributed by atoms with van der Waals surface area (Å²) in [7, 11) is 0. The number of hydrogen-bond acceptors (Lipinski definition) is 1. The molecular formula is C29H57BrO2. The number of unbranched alkanes of at least 4 members (excludes halogenated alkanes) is 25. The van der Waals surface area contributed by atoms with Crippen molar-refractivity contribution >= 4 is 21.9 Å². The Labute approximate surface area is 210 Å². The zero-order valence-corrected chi connectivity index (χ0v) is 23.1. The molecule has 0 bridgehead atoms. The van der Waals surface area contributed by atoms with Crippen LogP contribution in [0.4, 0.5) is 0 Å². The lowest BCUT2D eigenvalue weighted by Gasteiger charge is -2.04. The molecule has 0 spiro atoms. The summed E-state index contributed by atoms with van der Waals surface area (Å²) >= 11 is 3.51. The molecule has 0 aliphatic heterocycles. The second-order valence-corrected chi connectivity index (χ2v) is 10.8. The smallest absolute Gasteiger partial charge is 0.303 e. The second kappa shape index (κ2) is 29.0. The van der Waals surface area contributed by atoms with Crippen LogP contribution in [-0.2, 0) is 4.79 Å². The Morgan fingerprint density at radius 2 is 0.562 bits per heavy atom. The minimum Gasteiger partial charge on any atom is -0.481 e. The topological polar surface area (TPSA) is 37.3 Å². The number of halogens is 1. The van der Waals surface area contributed by atoms with Gasteiger partial charge >= 0.3 is 5.97 Å². The van der Waals surface area contributed by atoms with Crippen LogP contribution in [0, 0.1) is 0 Å². The van der Waals surface area contributed by atoms with Crippen molar-refractivity contribution in [2.24, 2.45) is 0 Å². The lowest BCUT2D eigenvalue weighted by molar-refractivity contribution is -0.137. The van der Waals surface area contributed by atoms with Crippen molar-refractivity contribution in [2.75, 3.05) is 5.33 Å². The molecule has 1 N–H and O–H groups in total. The number of carboxylic acids is 1. The number of alkyl halides is 1. The van der Waals surface area contributed by atoms with Gasteiger partial charge in [-0.2, -0.15) is 0 Å². The number of carboxylic acid groups (broad SMARTS) is 1. The average Bonchev–Trinajstić information content (AvgIpc) is 2.78. The Balaban J connectivity index is 3.00. The molecule has 0 unspecified atom stereocenters. The lowest BCUT2D eigenvalue weighted by atomic mass is 10.0. The van der Waals surface area contributed by atoms with Crippen molar-refractivity contribution in [1.82, 2.24) is 0 Å². The van der Waals surface area contributed by atoms with Crippen molar-refractivity contribution < 1.29 is 9.90 Å². The van der Waals surface area contributed by atoms with Crippen LogP contribution in [0.5, 0.6) is 0 Å². The molecule has 0 amide bonds. The van der Waals surface area contributed by atoms with Crippen LogP contribution in [-0.4, -0.2) is 16.4 Å². The summed E-state index contributed by atoms with van der Waals surface area (Å²) < 4.78 is 0. The first-order chi connectivity index (χ1) is 15.8. The normalized spacial score (nSPS) is 11.3. The van der Waals surface area contributed by atoms with Gasteiger partial charge in [-0.3, -0.25) is 4.79 Å². The molecule has 0 aromatic carbocycles. The second-order valence-electron chi connectivity index (χ2n) is 10.0. The van der Waals surface area contributed by atoms with E-state index in [-0.39, 0.29) is 0 Å². The molecule has 0 aromatic heterocycles. The summed E-state index contributed by atoms with van der Waals surface area (Å²) in [4.78, 5) is 10.4. The fourth-order valence-corrected chi connectivity index (χ4v) is 5.01. The Kier molecular flexibility index (Phi) is 28.9. The fourth-order valence-electron chi connectivity index (χ4n) is 4.61. The maximum atomic E-state index is 10.4. The number of aliphatic carboxylic acids is 1. The van der Waals surface area contributed by atoms with Crippen molar-refractivity contribution in [3.8, 4) is 0 Å². The van der Waals surface area contributed by atoms with Gasteiger partial charge in [0.25, 0.3) is 0 Å². The standard InChI is InChI=1S/C29H57BrO2/c30-28-26-24-22-20-18-16-14-12-10-8-6-4-2-1-3-5-7-9-11-13-15-17-19-21-23-25-27-29(31)32/h1-28H2,(H,31,32). The van der Waals surface area contributed by atoms with Crippen LogP contribution >= 0.6 is 15.9 Å². The van der Waals surface area contributed by atoms with Crippen LogP contribution in [0.25, 0.3) is 0 Å². The van der Waals surface area contributed by atoms with Gasteiger partial charge in [-0.15, -0.1) is 0 Å². The Morgan fingerprint density at radius 1 is 0.375 bits per heavy atom. The van der Waals surface area contributed by atoms with Crippen molar-refractivity contribution in [3.63, 3.8) is 0 Å². The molecule has 0 saturated carbocycles. The minimum atomic E-state index is -0.649. The summed E-state index contributed by atoms with van der Waals surface area (Å²) in [5.74, 6) is -0.649. The predicted molar refractivity (Wildman–Crippen MR) is 146 cm³/mol. The fraction of sp³-hybridized carbons (Fsp3) is 0.966. The maximum Gasteiger partial charge on any atom is 0.303 e. The highest BCUT2D eigenvalue weighted by Gasteiger charge is 1.98. The van der Waals surface area contributed by atoms with Gasteiger partial charge in [0.2, 0.25) is 0 Å². The third-order valence-corrected chi connectivity index (χ3v) is 7.34. The molecule has 0 aromatic rings. The molecule has 2 nitrogen and oxygen atoms in total. The highest BCUT2D eigenvalue weighted by molar-refractivity contribution is 9.09. The monoisotopic (exact) mass is 516 g/mol. The van der Waals surface area contributed by atoms with E-state index in [4.69, 9.17) is 5.11 Å². The van der Waals surface area contributed by atoms with Crippen molar-refractivity contribution in [1.29, 1.82) is 0 Å². The predicted octanol–water partition coefficient (Wildman–Crippen LogP) is 11.0. The minimum absolute atomic E-state index is 0.346. The van der Waals surface area contributed by atoms with Gasteiger partial charge in [-0.1, -0.05) is 170 Å². The van der Waals surface area contributed by atoms with E-state index in [0.717, 1.165) is 12.8 Å². The first kappa shape index (κ1) is 31.9. The molecule has 0 atom stereocenters. The number of hydrogen-bond donors (Lipinski definition) is 1. The Hall–Kier alpha value is -0.0500. The van der Waals surface area contributed by atoms with Gasteiger partial charge in [0.05, 0.1) is 0 Å². The van der Waals surface area contributed by atoms with Crippen LogP contribution in [0.15, 0.2) is 0 Å². The van der Waals surface area contributed by atoms with Gasteiger partial charge in [-0.05, 0) is 12.8 Å². The van der Waals surface area contributed by atoms with E-state index in [1.165, 1.54) is 159 Å². The van der Waals surface area contributed by atoms with Gasteiger partial charge in [0.1, 0.15) is 0 Å². The van der Waals surface area contributed by atoms with Crippen LogP contribution < -0.4 is 0 Å². The molecule has 0 saturated heterocycles. The van der Waals surface area contributed by atoms with E-state index in [1.54, 1.807) is 0 Å². The molecule has 0 fully saturated rings. The quantitative estimate of drug-likeness (QED) is 0.0828. The van der Waals surface area contributed by atoms with Gasteiger partial charge in [-0.25, -0.2) is 0 Å². The summed E-state index contributed by atoms with van der Waals surface area (Å²) in [6, 6.07) is 0. The van der Waals surface area contributed by atoms with E-state index in [1.807, 2.05) is 0 Å². The molecule has 3 heteroatoms. The largest absolute Gasteiger partial charge is 0.481 e. The van der Waals surface area contributed by atoms with Crippen LogP contribution in [0.1, 0.15) is 173 Å². The first-order valence-corrected chi connectivity index (χ1v) is 15.7. The van der Waals surface area contributed by atoms with E-state index in [0.29, 0.717) is 6.42 Å². The highest BCUT2D eigenvalue weighted by Crippen LogP contribution is 2.16. The SMILES string of the molecule is O=C(O)CCCCCCCCCCCCCCCCCCCCCCCCCCCCBr. The third kappa shape index (κ3) is 29.9. The zero-order chi connectivity index (χ0) is 23.4. The molecule has 0 heterocycles. The molecule has 0 rings (SSSR count). The summed E-state index contributed by atoms with van der Waals surface area (Å²) in [6.45, 7) is 0. The molecule has 0 aliphatic rings. The zero-order valence-electron chi connectivity index (χ0n) is 21.5. The summed E-state index contributed by atoms with van der Waals surface area (Å²) in [6.07, 6.45) is 36.3. The summed E-state index contributed by atoms with van der Waals surface area (Å²) in [5.41, 5.74) is 0. The maximum absolute atomic E-state index is 10.4. The Morgan fingerprint density at radius 3 is 0.750 bits per heavy atom. The lowest BCUT2D eigenvalue weighted by Crippen LogP contribution is -1.93. The third-order valence-electron chi connectivity index (χ3n) is 6.77. The van der Waals surface area contributed by atoms with Gasteiger partial charge in [0.15, 0.2) is 0 Å². The molecule has 0 aliphatic carbocycles. The van der Waals surface area contributed by atoms with Crippen molar-refractivity contribution in [2.45, 2.75) is 173 Å². The molecule has 32 heavy (non-hydrogen) atoms. The van der Waals surface area contributed by atoms with E-state index < -0.39 is 5.97 Å². The van der Waals surface area contributed by atoms with E-state index >= 15 is 0 Å². The highest BCUT2D eigenvalue weighted by atomic mass is 79.9. The first-order valence-electron chi connectivity index (χ1n) is 14.5. The summed E-state index contributed by atoms with van der Waals surface area (Å²) in [5, 5.41) is 9.78. The number of rotatable bonds is 28. The van der Waals surface area contributed by atoms with E-state index in [2.05, 4.69) is 15.9 Å². The average molecular weight is 518 g/mol. The molecule has 0 radical (unpaired) electrons. The van der Waals surface area contributed by atoms with Gasteiger partial charge < -0.3 is 5.11 Å².